The lowest BCUT2D eigenvalue weighted by molar-refractivity contribution is -0.151. The average molecular weight is 521 g/mol. The second kappa shape index (κ2) is 16.4. The zero-order valence-electron chi connectivity index (χ0n) is 24.3. The van der Waals surface area contributed by atoms with E-state index in [0.717, 1.165) is 18.1 Å². The van der Waals surface area contributed by atoms with E-state index in [1.165, 1.54) is 7.11 Å². The molecule has 0 saturated heterocycles. The average Bonchev–Trinajstić information content (AvgIpc) is 2.82. The highest BCUT2D eigenvalue weighted by Gasteiger charge is 2.41. The minimum atomic E-state index is -1.88. The topological polar surface area (TPSA) is 55.8 Å². The number of carbonyl (C=O) groups is 1. The van der Waals surface area contributed by atoms with Gasteiger partial charge in [0.25, 0.3) is 0 Å². The summed E-state index contributed by atoms with van der Waals surface area (Å²) in [5.41, 5.74) is 5.37. The first-order valence-corrected chi connectivity index (χ1v) is 18.2. The van der Waals surface area contributed by atoms with Gasteiger partial charge in [0.2, 0.25) is 0 Å². The number of aliphatic hydroxyl groups excluding tert-OH is 1. The SMILES string of the molecule is CC[Si](CC)(CC)O[C@@H](C)C(O)C(C/C=C\CC#CC#C[Si](C(C)C)(C(C)C)C(C)C)C(=O)OC. The summed E-state index contributed by atoms with van der Waals surface area (Å²) in [6, 6.07) is 2.99. The quantitative estimate of drug-likeness (QED) is 0.115. The van der Waals surface area contributed by atoms with E-state index < -0.39 is 40.5 Å². The van der Waals surface area contributed by atoms with Crippen molar-refractivity contribution in [2.24, 2.45) is 5.92 Å². The van der Waals surface area contributed by atoms with Crippen LogP contribution in [-0.2, 0) is 14.0 Å². The highest BCUT2D eigenvalue weighted by molar-refractivity contribution is 6.90. The monoisotopic (exact) mass is 520 g/mol. The number of rotatable bonds is 14. The minimum absolute atomic E-state index is 0.387. The fourth-order valence-corrected chi connectivity index (χ4v) is 13.4. The second-order valence-corrected chi connectivity index (χ2v) is 20.9. The van der Waals surface area contributed by atoms with Crippen LogP contribution in [-0.4, -0.2) is 46.8 Å². The molecule has 4 nitrogen and oxygen atoms in total. The number of methoxy groups -OCH3 is 1. The minimum Gasteiger partial charge on any atom is -0.469 e. The fraction of sp³-hybridized carbons (Fsp3) is 0.759. The Kier molecular flexibility index (Phi) is 15.8. The third-order valence-electron chi connectivity index (χ3n) is 7.84. The lowest BCUT2D eigenvalue weighted by atomic mass is 9.95. The summed E-state index contributed by atoms with van der Waals surface area (Å²) in [5.74, 6) is 8.23. The summed E-state index contributed by atoms with van der Waals surface area (Å²) >= 11 is 0. The lowest BCUT2D eigenvalue weighted by Gasteiger charge is -2.37. The van der Waals surface area contributed by atoms with Crippen LogP contribution in [0.25, 0.3) is 0 Å². The molecule has 0 rings (SSSR count). The number of ether oxygens (including phenoxy) is 1. The van der Waals surface area contributed by atoms with E-state index in [9.17, 15) is 9.90 Å². The van der Waals surface area contributed by atoms with Crippen molar-refractivity contribution in [3.05, 3.63) is 12.2 Å². The Balaban J connectivity index is 5.28. The molecule has 0 aliphatic carbocycles. The molecule has 0 aliphatic heterocycles. The van der Waals surface area contributed by atoms with E-state index in [-0.39, 0.29) is 0 Å². The van der Waals surface area contributed by atoms with Gasteiger partial charge in [-0.3, -0.25) is 4.79 Å². The summed E-state index contributed by atoms with van der Waals surface area (Å²) in [7, 11) is -2.28. The molecule has 0 spiro atoms. The van der Waals surface area contributed by atoms with Gasteiger partial charge in [-0.25, -0.2) is 0 Å². The molecule has 35 heavy (non-hydrogen) atoms. The van der Waals surface area contributed by atoms with Crippen molar-refractivity contribution in [1.29, 1.82) is 0 Å². The second-order valence-electron chi connectivity index (χ2n) is 10.5. The summed E-state index contributed by atoms with van der Waals surface area (Å²) in [5, 5.41) is 10.9. The molecule has 0 aromatic heterocycles. The van der Waals surface area contributed by atoms with Gasteiger partial charge in [-0.05, 0) is 59.9 Å². The van der Waals surface area contributed by atoms with Gasteiger partial charge in [-0.1, -0.05) is 80.4 Å². The number of carbonyl (C=O) groups excluding carboxylic acids is 1. The molecule has 200 valence electrons. The Morgan fingerprint density at radius 1 is 0.886 bits per heavy atom. The van der Waals surface area contributed by atoms with Crippen molar-refractivity contribution in [2.45, 2.75) is 129 Å². The summed E-state index contributed by atoms with van der Waals surface area (Å²) in [6.07, 6.45) is 3.45. The fourth-order valence-electron chi connectivity index (χ4n) is 5.37. The van der Waals surface area contributed by atoms with E-state index in [1.54, 1.807) is 0 Å². The Morgan fingerprint density at radius 3 is 1.83 bits per heavy atom. The van der Waals surface area contributed by atoms with Crippen LogP contribution in [0.2, 0.25) is 34.8 Å². The van der Waals surface area contributed by atoms with Gasteiger partial charge in [-0.15, -0.1) is 5.54 Å². The van der Waals surface area contributed by atoms with Crippen LogP contribution < -0.4 is 0 Å². The molecule has 0 bridgehead atoms. The molecule has 3 atom stereocenters. The van der Waals surface area contributed by atoms with Crippen molar-refractivity contribution in [1.82, 2.24) is 0 Å². The molecule has 0 amide bonds. The summed E-state index contributed by atoms with van der Waals surface area (Å²) in [6.45, 7) is 22.1. The van der Waals surface area contributed by atoms with Crippen LogP contribution in [0.3, 0.4) is 0 Å². The zero-order valence-corrected chi connectivity index (χ0v) is 26.3. The molecule has 0 saturated carbocycles. The van der Waals surface area contributed by atoms with Crippen LogP contribution in [0.15, 0.2) is 12.2 Å². The van der Waals surface area contributed by atoms with Crippen molar-refractivity contribution >= 4 is 22.4 Å². The summed E-state index contributed by atoms with van der Waals surface area (Å²) in [4.78, 5) is 12.4. The molecule has 0 radical (unpaired) electrons. The van der Waals surface area contributed by atoms with Crippen LogP contribution >= 0.6 is 0 Å². The highest BCUT2D eigenvalue weighted by Crippen LogP contribution is 2.40. The van der Waals surface area contributed by atoms with Crippen molar-refractivity contribution < 1.29 is 19.1 Å². The number of hydrogen-bond acceptors (Lipinski definition) is 4. The molecule has 0 aromatic carbocycles. The Morgan fingerprint density at radius 2 is 1.40 bits per heavy atom. The smallest absolute Gasteiger partial charge is 0.311 e. The molecule has 0 heterocycles. The Labute approximate surface area is 218 Å². The molecular formula is C29H52O4Si2. The molecule has 0 aliphatic rings. The first-order valence-electron chi connectivity index (χ1n) is 13.5. The van der Waals surface area contributed by atoms with Gasteiger partial charge < -0.3 is 14.3 Å². The molecule has 0 aromatic rings. The van der Waals surface area contributed by atoms with Crippen molar-refractivity contribution in [3.8, 4) is 23.3 Å². The van der Waals surface area contributed by atoms with Gasteiger partial charge in [0.05, 0.1) is 25.2 Å². The first kappa shape index (κ1) is 33.7. The number of hydrogen-bond donors (Lipinski definition) is 1. The first-order chi connectivity index (χ1) is 16.4. The molecule has 6 heteroatoms. The number of allylic oxidation sites excluding steroid dienone is 2. The highest BCUT2D eigenvalue weighted by atomic mass is 28.4. The van der Waals surface area contributed by atoms with Crippen LogP contribution in [0.1, 0.15) is 82.1 Å². The Bertz CT molecular complexity index is 746. The van der Waals surface area contributed by atoms with E-state index in [1.807, 2.05) is 19.1 Å². The van der Waals surface area contributed by atoms with E-state index in [2.05, 4.69) is 85.6 Å². The normalized spacial score (nSPS) is 14.9. The van der Waals surface area contributed by atoms with Crippen LogP contribution in [0.5, 0.6) is 0 Å². The van der Waals surface area contributed by atoms with Crippen molar-refractivity contribution in [2.75, 3.05) is 7.11 Å². The third-order valence-corrected chi connectivity index (χ3v) is 18.9. The number of esters is 1. The maximum Gasteiger partial charge on any atom is 0.311 e. The van der Waals surface area contributed by atoms with E-state index in [4.69, 9.17) is 9.16 Å². The molecule has 0 fully saturated rings. The van der Waals surface area contributed by atoms with Crippen LogP contribution in [0, 0.1) is 29.2 Å². The van der Waals surface area contributed by atoms with Crippen LogP contribution in [0.4, 0.5) is 0 Å². The van der Waals surface area contributed by atoms with Gasteiger partial charge in [0.1, 0.15) is 8.07 Å². The maximum atomic E-state index is 12.4. The third kappa shape index (κ3) is 9.58. The predicted octanol–water partition coefficient (Wildman–Crippen LogP) is 7.11. The zero-order chi connectivity index (χ0) is 27.2. The largest absolute Gasteiger partial charge is 0.469 e. The van der Waals surface area contributed by atoms with Crippen molar-refractivity contribution in [3.63, 3.8) is 0 Å². The predicted molar refractivity (Wildman–Crippen MR) is 154 cm³/mol. The lowest BCUT2D eigenvalue weighted by Crippen LogP contribution is -2.46. The van der Waals surface area contributed by atoms with E-state index >= 15 is 0 Å². The maximum absolute atomic E-state index is 12.4. The van der Waals surface area contributed by atoms with Gasteiger partial charge in [0.15, 0.2) is 8.32 Å². The number of aliphatic hydroxyl groups is 1. The standard InChI is InChI=1S/C29H52O4Si2/c1-12-34(13-2,14-3)33-26(10)28(30)27(29(31)32-11)21-19-17-15-16-18-20-22-35(23(4)5,24(6)7)25(8)9/h17,19,23-28,30H,12-15,21H2,1-11H3/b19-17-/t26-,27?,28?/m0/s1. The van der Waals surface area contributed by atoms with E-state index in [0.29, 0.717) is 29.5 Å². The van der Waals surface area contributed by atoms with Gasteiger partial charge in [-0.2, -0.15) is 0 Å². The van der Waals surface area contributed by atoms with Gasteiger partial charge >= 0.3 is 5.97 Å². The molecular weight excluding hydrogens is 468 g/mol. The Hall–Kier alpha value is -1.32. The summed E-state index contributed by atoms with van der Waals surface area (Å²) < 4.78 is 11.4. The molecule has 2 unspecified atom stereocenters. The van der Waals surface area contributed by atoms with Gasteiger partial charge in [0, 0.05) is 6.42 Å². The molecule has 1 N–H and O–H groups in total.